The first-order valence-electron chi connectivity index (χ1n) is 12.3. The van der Waals surface area contributed by atoms with E-state index < -0.39 is 17.0 Å². The lowest BCUT2D eigenvalue weighted by atomic mass is 9.75. The molecule has 0 spiro atoms. The lowest BCUT2D eigenvalue weighted by Gasteiger charge is -2.29. The topological polar surface area (TPSA) is 91.5 Å². The van der Waals surface area contributed by atoms with Crippen molar-refractivity contribution in [3.63, 3.8) is 0 Å². The molecule has 1 aliphatic heterocycles. The maximum atomic E-state index is 14.5. The molecule has 1 aromatic carbocycles. The van der Waals surface area contributed by atoms with E-state index >= 15 is 0 Å². The molecular formula is C26H23F2N7OS. The number of rotatable bonds is 6. The van der Waals surface area contributed by atoms with E-state index in [4.69, 9.17) is 9.72 Å². The highest BCUT2D eigenvalue weighted by Crippen LogP contribution is 2.62. The van der Waals surface area contributed by atoms with Crippen LogP contribution in [0.2, 0.25) is 0 Å². The minimum Gasteiger partial charge on any atom is -0.379 e. The van der Waals surface area contributed by atoms with E-state index in [2.05, 4.69) is 32.2 Å². The highest BCUT2D eigenvalue weighted by atomic mass is 32.2. The van der Waals surface area contributed by atoms with Crippen LogP contribution in [0.25, 0.3) is 17.2 Å². The summed E-state index contributed by atoms with van der Waals surface area (Å²) in [6, 6.07) is 7.56. The third kappa shape index (κ3) is 3.51. The van der Waals surface area contributed by atoms with E-state index in [1.165, 1.54) is 18.2 Å². The molecule has 3 atom stereocenters. The monoisotopic (exact) mass is 519 g/mol. The predicted octanol–water partition coefficient (Wildman–Crippen LogP) is 4.24. The molecule has 3 aromatic heterocycles. The fourth-order valence-corrected chi connectivity index (χ4v) is 6.92. The SMILES string of the molecule is CC1[C@H]2CC[C@]1(c1ccnc(-n3cnc(CSC4COC4)n3)n1)c1nnc(-c3c(F)cccc3F)cc12. The number of ether oxygens (including phenoxy) is 1. The summed E-state index contributed by atoms with van der Waals surface area (Å²) in [5, 5.41) is 13.9. The van der Waals surface area contributed by atoms with Crippen LogP contribution in [0.5, 0.6) is 0 Å². The molecule has 2 fully saturated rings. The van der Waals surface area contributed by atoms with Crippen molar-refractivity contribution < 1.29 is 13.5 Å². The van der Waals surface area contributed by atoms with Crippen molar-refractivity contribution >= 4 is 11.8 Å². The number of benzene rings is 1. The fourth-order valence-electron chi connectivity index (χ4n) is 6.02. The predicted molar refractivity (Wildman–Crippen MR) is 132 cm³/mol. The quantitative estimate of drug-likeness (QED) is 0.374. The standard InChI is InChI=1S/C26H23F2N7OS/c1-14-16-5-7-26(14,24-17(16)9-20(32-33-24)23-18(27)3-2-4-19(23)28)21-6-8-29-25(31-21)35-13-30-22(34-35)12-37-15-10-36-11-15/h2-4,6,8-9,13-16H,5,7,10-12H2,1H3/t14?,16-,26+/m1/s1. The molecule has 37 heavy (non-hydrogen) atoms. The van der Waals surface area contributed by atoms with Gasteiger partial charge in [0, 0.05) is 6.20 Å². The lowest BCUT2D eigenvalue weighted by Crippen LogP contribution is -2.31. The van der Waals surface area contributed by atoms with Gasteiger partial charge in [0.2, 0.25) is 0 Å². The minimum atomic E-state index is -0.646. The number of hydrogen-bond donors (Lipinski definition) is 0. The van der Waals surface area contributed by atoms with E-state index in [0.29, 0.717) is 17.0 Å². The first-order valence-corrected chi connectivity index (χ1v) is 13.4. The molecule has 2 aliphatic carbocycles. The van der Waals surface area contributed by atoms with E-state index in [1.807, 2.05) is 12.1 Å². The van der Waals surface area contributed by atoms with Gasteiger partial charge in [-0.2, -0.15) is 9.78 Å². The number of hydrogen-bond acceptors (Lipinski definition) is 8. The largest absolute Gasteiger partial charge is 0.379 e. The second-order valence-corrected chi connectivity index (χ2v) is 11.1. The molecule has 1 saturated heterocycles. The zero-order valence-corrected chi connectivity index (χ0v) is 20.8. The van der Waals surface area contributed by atoms with Gasteiger partial charge in [0.1, 0.15) is 18.0 Å². The summed E-state index contributed by atoms with van der Waals surface area (Å²) in [4.78, 5) is 13.8. The highest BCUT2D eigenvalue weighted by Gasteiger charge is 2.58. The Morgan fingerprint density at radius 1 is 1.14 bits per heavy atom. The highest BCUT2D eigenvalue weighted by molar-refractivity contribution is 7.99. The van der Waals surface area contributed by atoms with Crippen LogP contribution in [-0.4, -0.2) is 53.4 Å². The van der Waals surface area contributed by atoms with Crippen molar-refractivity contribution in [2.75, 3.05) is 13.2 Å². The molecule has 11 heteroatoms. The fraction of sp³-hybridized carbons (Fsp3) is 0.385. The van der Waals surface area contributed by atoms with Gasteiger partial charge in [-0.25, -0.2) is 23.7 Å². The normalized spacial score (nSPS) is 24.3. The van der Waals surface area contributed by atoms with Crippen LogP contribution in [0.1, 0.15) is 48.5 Å². The third-order valence-electron chi connectivity index (χ3n) is 7.99. The molecule has 0 amide bonds. The summed E-state index contributed by atoms with van der Waals surface area (Å²) in [6.45, 7) is 3.75. The molecule has 1 saturated carbocycles. The molecule has 8 nitrogen and oxygen atoms in total. The van der Waals surface area contributed by atoms with Crippen LogP contribution in [0.15, 0.2) is 42.9 Å². The number of thioether (sulfide) groups is 1. The summed E-state index contributed by atoms with van der Waals surface area (Å²) in [5.74, 6) is 1.00. The van der Waals surface area contributed by atoms with Gasteiger partial charge in [0.25, 0.3) is 5.95 Å². The van der Waals surface area contributed by atoms with Gasteiger partial charge in [-0.05, 0) is 54.5 Å². The van der Waals surface area contributed by atoms with Gasteiger partial charge in [0.15, 0.2) is 5.82 Å². The maximum Gasteiger partial charge on any atom is 0.252 e. The molecule has 188 valence electrons. The molecule has 0 N–H and O–H groups in total. The van der Waals surface area contributed by atoms with Crippen molar-refractivity contribution in [1.82, 2.24) is 34.9 Å². The van der Waals surface area contributed by atoms with E-state index in [9.17, 15) is 8.78 Å². The van der Waals surface area contributed by atoms with E-state index in [0.717, 1.165) is 48.8 Å². The van der Waals surface area contributed by atoms with Gasteiger partial charge in [-0.3, -0.25) is 0 Å². The van der Waals surface area contributed by atoms with E-state index in [1.54, 1.807) is 29.0 Å². The second-order valence-electron chi connectivity index (χ2n) is 9.85. The maximum absolute atomic E-state index is 14.5. The molecule has 4 heterocycles. The summed E-state index contributed by atoms with van der Waals surface area (Å²) < 4.78 is 35.8. The van der Waals surface area contributed by atoms with Crippen LogP contribution < -0.4 is 0 Å². The first-order chi connectivity index (χ1) is 18.0. The molecule has 0 radical (unpaired) electrons. The average Bonchev–Trinajstić information content (AvgIpc) is 3.55. The van der Waals surface area contributed by atoms with Crippen molar-refractivity contribution in [3.05, 3.63) is 77.3 Å². The molecule has 2 bridgehead atoms. The van der Waals surface area contributed by atoms with Crippen molar-refractivity contribution in [2.24, 2.45) is 5.92 Å². The molecule has 3 aliphatic rings. The Bertz CT molecular complexity index is 1490. The number of nitrogens with zero attached hydrogens (tertiary/aromatic N) is 7. The Balaban J connectivity index is 1.24. The Kier molecular flexibility index (Phi) is 5.33. The molecular weight excluding hydrogens is 496 g/mol. The van der Waals surface area contributed by atoms with Crippen LogP contribution >= 0.6 is 11.8 Å². The zero-order chi connectivity index (χ0) is 25.1. The Morgan fingerprint density at radius 2 is 1.97 bits per heavy atom. The Labute approximate surface area is 215 Å². The summed E-state index contributed by atoms with van der Waals surface area (Å²) in [5.41, 5.74) is 2.31. The third-order valence-corrected chi connectivity index (χ3v) is 9.16. The zero-order valence-electron chi connectivity index (χ0n) is 20.0. The van der Waals surface area contributed by atoms with Crippen molar-refractivity contribution in [1.29, 1.82) is 0 Å². The van der Waals surface area contributed by atoms with Crippen molar-refractivity contribution in [3.8, 4) is 17.2 Å². The van der Waals surface area contributed by atoms with Gasteiger partial charge >= 0.3 is 0 Å². The average molecular weight is 520 g/mol. The van der Waals surface area contributed by atoms with Gasteiger partial charge in [-0.1, -0.05) is 13.0 Å². The van der Waals surface area contributed by atoms with Gasteiger partial charge in [0.05, 0.1) is 52.3 Å². The molecule has 1 unspecified atom stereocenters. The van der Waals surface area contributed by atoms with Crippen LogP contribution in [0, 0.1) is 17.6 Å². The number of halogens is 2. The minimum absolute atomic E-state index is 0.142. The lowest BCUT2D eigenvalue weighted by molar-refractivity contribution is 0.0455. The van der Waals surface area contributed by atoms with Crippen LogP contribution in [-0.2, 0) is 15.9 Å². The number of fused-ring (bicyclic) bond motifs is 5. The molecule has 4 aromatic rings. The number of aromatic nitrogens is 7. The van der Waals surface area contributed by atoms with Crippen LogP contribution in [0.3, 0.4) is 0 Å². The Morgan fingerprint density at radius 3 is 2.76 bits per heavy atom. The first kappa shape index (κ1) is 22.9. The smallest absolute Gasteiger partial charge is 0.252 e. The van der Waals surface area contributed by atoms with E-state index in [-0.39, 0.29) is 23.1 Å². The van der Waals surface area contributed by atoms with Gasteiger partial charge in [-0.15, -0.1) is 22.0 Å². The van der Waals surface area contributed by atoms with Gasteiger partial charge < -0.3 is 4.74 Å². The van der Waals surface area contributed by atoms with Crippen molar-refractivity contribution in [2.45, 2.75) is 42.1 Å². The summed E-state index contributed by atoms with van der Waals surface area (Å²) in [7, 11) is 0. The second kappa shape index (κ2) is 8.63. The van der Waals surface area contributed by atoms with Crippen LogP contribution in [0.4, 0.5) is 8.78 Å². The molecule has 7 rings (SSSR count). The summed E-state index contributed by atoms with van der Waals surface area (Å²) >= 11 is 1.78. The Hall–Kier alpha value is -3.31. The summed E-state index contributed by atoms with van der Waals surface area (Å²) in [6.07, 6.45) is 5.19.